The Morgan fingerprint density at radius 2 is 2.04 bits per heavy atom. The van der Waals surface area contributed by atoms with Gasteiger partial charge in [0.15, 0.2) is 11.5 Å². The lowest BCUT2D eigenvalue weighted by atomic mass is 9.99. The van der Waals surface area contributed by atoms with Crippen LogP contribution in [0.15, 0.2) is 24.8 Å². The van der Waals surface area contributed by atoms with Gasteiger partial charge < -0.3 is 9.64 Å². The van der Waals surface area contributed by atoms with Gasteiger partial charge in [0.1, 0.15) is 18.9 Å². The molecule has 0 unspecified atom stereocenters. The zero-order chi connectivity index (χ0) is 19.3. The van der Waals surface area contributed by atoms with Crippen LogP contribution >= 0.6 is 11.6 Å². The number of hydrogen-bond donors (Lipinski definition) is 0. The van der Waals surface area contributed by atoms with Crippen LogP contribution in [-0.4, -0.2) is 52.2 Å². The van der Waals surface area contributed by atoms with Crippen LogP contribution in [0.25, 0.3) is 0 Å². The van der Waals surface area contributed by atoms with Gasteiger partial charge in [0.25, 0.3) is 0 Å². The first kappa shape index (κ1) is 20.0. The molecule has 2 aromatic heterocycles. The van der Waals surface area contributed by atoms with Crippen LogP contribution in [0, 0.1) is 5.41 Å². The predicted molar refractivity (Wildman–Crippen MR) is 102 cm³/mol. The Bertz CT molecular complexity index is 727. The summed E-state index contributed by atoms with van der Waals surface area (Å²) in [6.45, 7) is 6.80. The lowest BCUT2D eigenvalue weighted by Gasteiger charge is -2.28. The molecule has 0 aliphatic heterocycles. The number of rotatable bonds is 7. The number of hydrogen-bond acceptors (Lipinski definition) is 6. The van der Waals surface area contributed by atoms with Gasteiger partial charge in [-0.15, -0.1) is 11.6 Å². The van der Waals surface area contributed by atoms with E-state index in [4.69, 9.17) is 16.3 Å². The fourth-order valence-electron chi connectivity index (χ4n) is 2.18. The lowest BCUT2D eigenvalue weighted by molar-refractivity contribution is -0.116. The zero-order valence-corrected chi connectivity index (χ0v) is 16.6. The average molecular weight is 381 g/mol. The summed E-state index contributed by atoms with van der Waals surface area (Å²) >= 11 is 5.85. The number of alkyl halides is 1. The third-order valence-corrected chi connectivity index (χ3v) is 3.59. The molecule has 0 atom stereocenters. The largest absolute Gasteiger partial charge is 0.475 e. The molecule has 8 nitrogen and oxygen atoms in total. The minimum atomic E-state index is -0.291. The Hall–Kier alpha value is -2.35. The quantitative estimate of drug-likeness (QED) is 0.686. The van der Waals surface area contributed by atoms with Crippen molar-refractivity contribution in [2.75, 3.05) is 36.4 Å². The summed E-state index contributed by atoms with van der Waals surface area (Å²) in [6, 6.07) is 1.79. The van der Waals surface area contributed by atoms with Crippen LogP contribution in [0.5, 0.6) is 5.88 Å². The van der Waals surface area contributed by atoms with E-state index in [0.29, 0.717) is 24.0 Å². The Labute approximate surface area is 158 Å². The number of carbonyl (C=O) groups is 1. The Morgan fingerprint density at radius 3 is 2.58 bits per heavy atom. The van der Waals surface area contributed by atoms with Gasteiger partial charge in [-0.1, -0.05) is 20.8 Å². The first-order valence-electron chi connectivity index (χ1n) is 8.22. The third-order valence-electron chi connectivity index (χ3n) is 3.37. The molecule has 2 heterocycles. The summed E-state index contributed by atoms with van der Waals surface area (Å²) in [5, 5.41) is 4.17. The molecule has 0 aliphatic rings. The van der Waals surface area contributed by atoms with E-state index >= 15 is 0 Å². The molecule has 2 rings (SSSR count). The zero-order valence-electron chi connectivity index (χ0n) is 15.8. The fraction of sp³-hybridized carbons (Fsp3) is 0.529. The van der Waals surface area contributed by atoms with E-state index in [9.17, 15) is 4.79 Å². The normalized spacial score (nSPS) is 11.3. The number of halogens is 1. The van der Waals surface area contributed by atoms with Crippen LogP contribution < -0.4 is 14.5 Å². The molecular formula is C17H25ClN6O2. The molecule has 0 N–H and O–H groups in total. The molecule has 0 aromatic carbocycles. The second-order valence-corrected chi connectivity index (χ2v) is 7.50. The fourth-order valence-corrected chi connectivity index (χ4v) is 2.33. The Kier molecular flexibility index (Phi) is 6.42. The van der Waals surface area contributed by atoms with E-state index in [0.717, 1.165) is 0 Å². The highest BCUT2D eigenvalue weighted by molar-refractivity contribution is 6.29. The highest BCUT2D eigenvalue weighted by Crippen LogP contribution is 2.35. The average Bonchev–Trinajstić information content (AvgIpc) is 3.09. The number of anilines is 2. The molecule has 2 aromatic rings. The van der Waals surface area contributed by atoms with Crippen molar-refractivity contribution in [3.05, 3.63) is 24.8 Å². The van der Waals surface area contributed by atoms with Crippen molar-refractivity contribution in [2.45, 2.75) is 27.4 Å². The predicted octanol–water partition coefficient (Wildman–Crippen LogP) is 2.39. The molecule has 0 fully saturated rings. The molecule has 0 bridgehead atoms. The van der Waals surface area contributed by atoms with Crippen molar-refractivity contribution in [3.8, 4) is 5.88 Å². The summed E-state index contributed by atoms with van der Waals surface area (Å²) in [5.41, 5.74) is 0.409. The molecular weight excluding hydrogens is 356 g/mol. The van der Waals surface area contributed by atoms with E-state index in [1.54, 1.807) is 28.0 Å². The van der Waals surface area contributed by atoms with Crippen LogP contribution in [0.4, 0.5) is 11.5 Å². The van der Waals surface area contributed by atoms with E-state index in [1.807, 2.05) is 14.1 Å². The number of nitrogens with zero attached hydrogens (tertiary/aromatic N) is 6. The maximum absolute atomic E-state index is 12.6. The highest BCUT2D eigenvalue weighted by Gasteiger charge is 2.27. The van der Waals surface area contributed by atoms with Gasteiger partial charge in [-0.3, -0.25) is 14.4 Å². The van der Waals surface area contributed by atoms with Gasteiger partial charge in [-0.25, -0.2) is 4.98 Å². The van der Waals surface area contributed by atoms with Gasteiger partial charge in [0.05, 0.1) is 6.61 Å². The van der Waals surface area contributed by atoms with E-state index in [-0.39, 0.29) is 23.9 Å². The van der Waals surface area contributed by atoms with E-state index < -0.39 is 0 Å². The molecule has 0 radical (unpaired) electrons. The van der Waals surface area contributed by atoms with Crippen LogP contribution in [0.3, 0.4) is 0 Å². The summed E-state index contributed by atoms with van der Waals surface area (Å²) in [5.74, 6) is 0.432. The van der Waals surface area contributed by atoms with Crippen molar-refractivity contribution in [1.82, 2.24) is 19.7 Å². The Balaban J connectivity index is 2.50. The lowest BCUT2D eigenvalue weighted by Crippen LogP contribution is -2.36. The molecule has 26 heavy (non-hydrogen) atoms. The molecule has 0 spiro atoms. The van der Waals surface area contributed by atoms with Crippen LogP contribution in [0.1, 0.15) is 20.8 Å². The SMILES string of the molecule is CN(C)c1ncnc(OCC(C)(C)C)c1N(Cn1cccn1)C(=O)CCl. The van der Waals surface area contributed by atoms with Gasteiger partial charge in [0, 0.05) is 26.5 Å². The monoisotopic (exact) mass is 380 g/mol. The Morgan fingerprint density at radius 1 is 1.31 bits per heavy atom. The topological polar surface area (TPSA) is 76.4 Å². The van der Waals surface area contributed by atoms with E-state index in [2.05, 4.69) is 35.8 Å². The number of carbonyl (C=O) groups excluding carboxylic acids is 1. The van der Waals surface area contributed by atoms with Gasteiger partial charge in [0.2, 0.25) is 11.8 Å². The maximum atomic E-state index is 12.6. The molecule has 9 heteroatoms. The van der Waals surface area contributed by atoms with Gasteiger partial charge in [-0.05, 0) is 11.5 Å². The van der Waals surface area contributed by atoms with Crippen LogP contribution in [-0.2, 0) is 11.5 Å². The minimum absolute atomic E-state index is 0.0657. The number of amides is 1. The molecule has 0 aliphatic carbocycles. The summed E-state index contributed by atoms with van der Waals surface area (Å²) in [7, 11) is 3.69. The first-order valence-corrected chi connectivity index (χ1v) is 8.75. The van der Waals surface area contributed by atoms with Crippen LogP contribution in [0.2, 0.25) is 0 Å². The van der Waals surface area contributed by atoms with Gasteiger partial charge >= 0.3 is 0 Å². The van der Waals surface area contributed by atoms with Crippen molar-refractivity contribution < 1.29 is 9.53 Å². The minimum Gasteiger partial charge on any atom is -0.475 e. The van der Waals surface area contributed by atoms with Crippen molar-refractivity contribution in [3.63, 3.8) is 0 Å². The highest BCUT2D eigenvalue weighted by atomic mass is 35.5. The second-order valence-electron chi connectivity index (χ2n) is 7.24. The van der Waals surface area contributed by atoms with Crippen molar-refractivity contribution in [2.24, 2.45) is 5.41 Å². The third kappa shape index (κ3) is 5.08. The summed E-state index contributed by atoms with van der Waals surface area (Å²) in [4.78, 5) is 24.5. The van der Waals surface area contributed by atoms with Crippen molar-refractivity contribution >= 4 is 29.0 Å². The first-order chi connectivity index (χ1) is 12.2. The molecule has 142 valence electrons. The smallest absolute Gasteiger partial charge is 0.243 e. The second kappa shape index (κ2) is 8.35. The van der Waals surface area contributed by atoms with E-state index in [1.165, 1.54) is 11.2 Å². The standard InChI is InChI=1S/C17H25ClN6O2/c1-17(2,3)10-26-16-14(15(22(4)5)19-11-20-16)24(13(25)9-18)12-23-8-6-7-21-23/h6-8,11H,9-10,12H2,1-5H3. The molecule has 0 saturated heterocycles. The number of aromatic nitrogens is 4. The summed E-state index contributed by atoms with van der Waals surface area (Å²) < 4.78 is 7.57. The summed E-state index contributed by atoms with van der Waals surface area (Å²) in [6.07, 6.45) is 4.84. The van der Waals surface area contributed by atoms with Gasteiger partial charge in [-0.2, -0.15) is 10.1 Å². The maximum Gasteiger partial charge on any atom is 0.243 e. The molecule has 0 saturated carbocycles. The van der Waals surface area contributed by atoms with Crippen molar-refractivity contribution in [1.29, 1.82) is 0 Å². The molecule has 1 amide bonds. The number of ether oxygens (including phenoxy) is 1.